The van der Waals surface area contributed by atoms with E-state index in [4.69, 9.17) is 10.5 Å². The van der Waals surface area contributed by atoms with E-state index < -0.39 is 17.0 Å². The lowest BCUT2D eigenvalue weighted by Crippen LogP contribution is -2.40. The second kappa shape index (κ2) is 9.31. The van der Waals surface area contributed by atoms with Gasteiger partial charge in [-0.15, -0.1) is 11.3 Å². The average Bonchev–Trinajstić information content (AvgIpc) is 3.32. The van der Waals surface area contributed by atoms with Crippen molar-refractivity contribution < 1.29 is 9.53 Å². The van der Waals surface area contributed by atoms with E-state index in [0.29, 0.717) is 26.1 Å². The van der Waals surface area contributed by atoms with Gasteiger partial charge in [0.1, 0.15) is 11.4 Å². The maximum absolute atomic E-state index is 13.0. The predicted octanol–water partition coefficient (Wildman–Crippen LogP) is 1.45. The summed E-state index contributed by atoms with van der Waals surface area (Å²) in [5.41, 5.74) is 4.57. The van der Waals surface area contributed by atoms with Crippen molar-refractivity contribution in [1.29, 1.82) is 0 Å². The van der Waals surface area contributed by atoms with Crippen LogP contribution in [0.15, 0.2) is 27.1 Å². The lowest BCUT2D eigenvalue weighted by atomic mass is 10.1. The van der Waals surface area contributed by atoms with Gasteiger partial charge in [0.2, 0.25) is 0 Å². The van der Waals surface area contributed by atoms with E-state index in [-0.39, 0.29) is 24.0 Å². The van der Waals surface area contributed by atoms with Crippen LogP contribution < -0.4 is 17.0 Å². The van der Waals surface area contributed by atoms with Gasteiger partial charge in [-0.1, -0.05) is 13.0 Å². The summed E-state index contributed by atoms with van der Waals surface area (Å²) in [7, 11) is 0. The summed E-state index contributed by atoms with van der Waals surface area (Å²) in [5, 5.41) is 1.99. The number of hydrogen-bond donors (Lipinski definition) is 2. The number of carbonyl (C=O) groups excluding carboxylic acids is 1. The Morgan fingerprint density at radius 1 is 1.46 bits per heavy atom. The zero-order chi connectivity index (χ0) is 20.1. The predicted molar refractivity (Wildman–Crippen MR) is 109 cm³/mol. The highest BCUT2D eigenvalue weighted by molar-refractivity contribution is 7.09. The maximum atomic E-state index is 13.0. The Bertz CT molecular complexity index is 913. The Kier molecular flexibility index (Phi) is 6.82. The molecule has 1 aliphatic rings. The largest absolute Gasteiger partial charge is 0.384 e. The molecule has 0 aromatic carbocycles. The van der Waals surface area contributed by atoms with Crippen molar-refractivity contribution >= 4 is 22.9 Å². The number of nitrogens with zero attached hydrogens (tertiary/aromatic N) is 2. The standard InChI is InChI=1S/C19H26N4O4S/c1-2-7-23-17(20)16(18(25)21-19(23)26)15(24)12-22(10-13-5-3-8-27-13)11-14-6-4-9-28-14/h4,6,9,13H,2-3,5,7-8,10-12,20H2,1H3,(H,21,25,26)/t13-/m0/s1. The number of aromatic amines is 1. The molecule has 3 rings (SSSR count). The first kappa shape index (κ1) is 20.5. The first-order chi connectivity index (χ1) is 13.5. The zero-order valence-corrected chi connectivity index (χ0v) is 16.8. The molecule has 0 amide bonds. The van der Waals surface area contributed by atoms with Crippen LogP contribution >= 0.6 is 11.3 Å². The van der Waals surface area contributed by atoms with Crippen LogP contribution in [0.5, 0.6) is 0 Å². The lowest BCUT2D eigenvalue weighted by Gasteiger charge is -2.24. The molecule has 0 spiro atoms. The average molecular weight is 407 g/mol. The Balaban J connectivity index is 1.83. The maximum Gasteiger partial charge on any atom is 0.329 e. The van der Waals surface area contributed by atoms with Crippen LogP contribution in [-0.4, -0.2) is 46.0 Å². The number of rotatable bonds is 9. The van der Waals surface area contributed by atoms with E-state index in [2.05, 4.69) is 4.98 Å². The molecule has 8 nitrogen and oxygen atoms in total. The third kappa shape index (κ3) is 4.78. The van der Waals surface area contributed by atoms with E-state index in [1.807, 2.05) is 29.3 Å². The third-order valence-corrected chi connectivity index (χ3v) is 5.64. The smallest absolute Gasteiger partial charge is 0.329 e. The molecule has 0 unspecified atom stereocenters. The van der Waals surface area contributed by atoms with Crippen molar-refractivity contribution in [3.8, 4) is 0 Å². The van der Waals surface area contributed by atoms with Crippen molar-refractivity contribution in [3.63, 3.8) is 0 Å². The monoisotopic (exact) mass is 406 g/mol. The number of hydrogen-bond acceptors (Lipinski definition) is 7. The number of Topliss-reactive ketones (excluding diaryl/α,β-unsaturated/α-hetero) is 1. The molecule has 1 saturated heterocycles. The van der Waals surface area contributed by atoms with E-state index >= 15 is 0 Å². The minimum atomic E-state index is -0.729. The van der Waals surface area contributed by atoms with Crippen LogP contribution in [-0.2, 0) is 17.8 Å². The minimum absolute atomic E-state index is 0.0371. The minimum Gasteiger partial charge on any atom is -0.384 e. The number of H-pyrrole nitrogens is 1. The SMILES string of the molecule is CCCn1c(N)c(C(=O)CN(Cc2cccs2)C[C@@H]2CCCO2)c(=O)[nH]c1=O. The highest BCUT2D eigenvalue weighted by atomic mass is 32.1. The van der Waals surface area contributed by atoms with Gasteiger partial charge < -0.3 is 10.5 Å². The fourth-order valence-electron chi connectivity index (χ4n) is 3.47. The van der Waals surface area contributed by atoms with Crippen LogP contribution in [0.1, 0.15) is 41.4 Å². The number of ketones is 1. The Hall–Kier alpha value is -2.23. The summed E-state index contributed by atoms with van der Waals surface area (Å²) >= 11 is 1.62. The molecule has 1 atom stereocenters. The van der Waals surface area contributed by atoms with Gasteiger partial charge in [-0.2, -0.15) is 0 Å². The Morgan fingerprint density at radius 2 is 2.29 bits per heavy atom. The van der Waals surface area contributed by atoms with Crippen molar-refractivity contribution in [2.45, 2.75) is 45.4 Å². The van der Waals surface area contributed by atoms with Gasteiger partial charge >= 0.3 is 5.69 Å². The van der Waals surface area contributed by atoms with Crippen molar-refractivity contribution in [3.05, 3.63) is 48.8 Å². The van der Waals surface area contributed by atoms with Crippen molar-refractivity contribution in [1.82, 2.24) is 14.5 Å². The molecule has 0 saturated carbocycles. The number of carbonyl (C=O) groups is 1. The van der Waals surface area contributed by atoms with Crippen LogP contribution in [0, 0.1) is 0 Å². The molecule has 0 bridgehead atoms. The number of nitrogens with two attached hydrogens (primary N) is 1. The van der Waals surface area contributed by atoms with Gasteiger partial charge in [-0.05, 0) is 30.7 Å². The number of anilines is 1. The molecule has 3 heterocycles. The number of thiophene rings is 1. The molecule has 1 fully saturated rings. The summed E-state index contributed by atoms with van der Waals surface area (Å²) in [6.07, 6.45) is 2.71. The number of nitrogens with one attached hydrogen (secondary N) is 1. The molecule has 2 aromatic heterocycles. The third-order valence-electron chi connectivity index (χ3n) is 4.78. The number of aromatic nitrogens is 2. The number of ether oxygens (including phenoxy) is 1. The van der Waals surface area contributed by atoms with E-state index in [1.54, 1.807) is 11.3 Å². The molecule has 152 valence electrons. The van der Waals surface area contributed by atoms with E-state index in [0.717, 1.165) is 24.3 Å². The molecule has 28 heavy (non-hydrogen) atoms. The van der Waals surface area contributed by atoms with Gasteiger partial charge in [0.25, 0.3) is 5.56 Å². The second-order valence-electron chi connectivity index (χ2n) is 6.98. The Morgan fingerprint density at radius 3 is 2.93 bits per heavy atom. The normalized spacial score (nSPS) is 16.7. The van der Waals surface area contributed by atoms with Gasteiger partial charge in [0.15, 0.2) is 5.78 Å². The first-order valence-electron chi connectivity index (χ1n) is 9.51. The van der Waals surface area contributed by atoms with Gasteiger partial charge in [-0.25, -0.2) is 4.79 Å². The van der Waals surface area contributed by atoms with Crippen LogP contribution in [0.4, 0.5) is 5.82 Å². The van der Waals surface area contributed by atoms with Gasteiger partial charge in [0.05, 0.1) is 12.6 Å². The fourth-order valence-corrected chi connectivity index (χ4v) is 4.22. The number of nitrogen functional groups attached to an aromatic ring is 1. The summed E-state index contributed by atoms with van der Waals surface area (Å²) in [4.78, 5) is 42.6. The second-order valence-corrected chi connectivity index (χ2v) is 8.01. The molecule has 2 aromatic rings. The fraction of sp³-hybridized carbons (Fsp3) is 0.526. The zero-order valence-electron chi connectivity index (χ0n) is 16.0. The highest BCUT2D eigenvalue weighted by Gasteiger charge is 2.25. The van der Waals surface area contributed by atoms with Crippen LogP contribution in [0.3, 0.4) is 0 Å². The van der Waals surface area contributed by atoms with E-state index in [1.165, 1.54) is 4.57 Å². The molecular weight excluding hydrogens is 380 g/mol. The van der Waals surface area contributed by atoms with E-state index in [9.17, 15) is 14.4 Å². The van der Waals surface area contributed by atoms with Crippen LogP contribution in [0.2, 0.25) is 0 Å². The topological polar surface area (TPSA) is 110 Å². The molecule has 3 N–H and O–H groups in total. The molecular formula is C19H26N4O4S. The quantitative estimate of drug-likeness (QED) is 0.610. The molecule has 0 radical (unpaired) electrons. The van der Waals surface area contributed by atoms with Gasteiger partial charge in [-0.3, -0.25) is 24.0 Å². The first-order valence-corrected chi connectivity index (χ1v) is 10.4. The van der Waals surface area contributed by atoms with Gasteiger partial charge in [0, 0.05) is 31.1 Å². The summed E-state index contributed by atoms with van der Waals surface area (Å²) in [5.74, 6) is -0.452. The van der Waals surface area contributed by atoms with Crippen LogP contribution in [0.25, 0.3) is 0 Å². The molecule has 1 aliphatic heterocycles. The molecule has 9 heteroatoms. The molecule has 0 aliphatic carbocycles. The summed E-state index contributed by atoms with van der Waals surface area (Å²) in [6.45, 7) is 4.21. The Labute approximate surface area is 166 Å². The van der Waals surface area contributed by atoms with Crippen molar-refractivity contribution in [2.75, 3.05) is 25.4 Å². The highest BCUT2D eigenvalue weighted by Crippen LogP contribution is 2.18. The summed E-state index contributed by atoms with van der Waals surface area (Å²) < 4.78 is 6.96. The van der Waals surface area contributed by atoms with Crippen molar-refractivity contribution in [2.24, 2.45) is 0 Å². The lowest BCUT2D eigenvalue weighted by molar-refractivity contribution is 0.0652. The summed E-state index contributed by atoms with van der Waals surface area (Å²) in [6, 6.07) is 3.98.